The van der Waals surface area contributed by atoms with Crippen LogP contribution < -0.4 is 0 Å². The number of fused-ring (bicyclic) bond motifs is 1. The van der Waals surface area contributed by atoms with E-state index in [1.165, 1.54) is 0 Å². The number of thioether (sulfide) groups is 1. The van der Waals surface area contributed by atoms with Crippen molar-refractivity contribution in [2.45, 2.75) is 24.7 Å². The Labute approximate surface area is 93.1 Å². The fourth-order valence-corrected chi connectivity index (χ4v) is 2.23. The summed E-state index contributed by atoms with van der Waals surface area (Å²) in [7, 11) is 0. The van der Waals surface area contributed by atoms with Gasteiger partial charge in [-0.25, -0.2) is 4.98 Å². The number of hydrogen-bond donors (Lipinski definition) is 1. The Kier molecular flexibility index (Phi) is 2.98. The molecule has 0 aliphatic rings. The van der Waals surface area contributed by atoms with Gasteiger partial charge in [0, 0.05) is 0 Å². The quantitative estimate of drug-likeness (QED) is 0.809. The van der Waals surface area contributed by atoms with Gasteiger partial charge in [0.15, 0.2) is 5.16 Å². The summed E-state index contributed by atoms with van der Waals surface area (Å²) in [6.45, 7) is 2.38. The van der Waals surface area contributed by atoms with E-state index in [1.54, 1.807) is 18.7 Å². The number of aliphatic hydroxyl groups is 1. The van der Waals surface area contributed by atoms with Gasteiger partial charge in [0.05, 0.1) is 23.7 Å². The van der Waals surface area contributed by atoms with Crippen LogP contribution in [0, 0.1) is 0 Å². The lowest BCUT2D eigenvalue weighted by atomic mass is 10.3. The zero-order valence-corrected chi connectivity index (χ0v) is 9.66. The third-order valence-corrected chi connectivity index (χ3v) is 2.93. The minimum Gasteiger partial charge on any atom is -0.392 e. The highest BCUT2D eigenvalue weighted by Gasteiger charge is 2.10. The van der Waals surface area contributed by atoms with E-state index < -0.39 is 0 Å². The molecule has 1 aromatic carbocycles. The number of hydrogen-bond acceptors (Lipinski definition) is 3. The summed E-state index contributed by atoms with van der Waals surface area (Å²) in [5, 5.41) is 10.4. The molecule has 0 radical (unpaired) electrons. The topological polar surface area (TPSA) is 38.0 Å². The molecule has 1 unspecified atom stereocenters. The Morgan fingerprint density at radius 3 is 2.87 bits per heavy atom. The smallest absolute Gasteiger partial charge is 0.168 e. The fourth-order valence-electron chi connectivity index (χ4n) is 1.65. The summed E-state index contributed by atoms with van der Waals surface area (Å²) in [5.41, 5.74) is 2.07. The molecular formula is C11H14N2OS. The van der Waals surface area contributed by atoms with Crippen molar-refractivity contribution in [3.63, 3.8) is 0 Å². The molecule has 0 aliphatic heterocycles. The molecular weight excluding hydrogens is 208 g/mol. The maximum atomic E-state index is 9.45. The Hall–Kier alpha value is -1.00. The summed E-state index contributed by atoms with van der Waals surface area (Å²) < 4.78 is 2.06. The van der Waals surface area contributed by atoms with Crippen molar-refractivity contribution >= 4 is 22.8 Å². The molecule has 80 valence electrons. The summed E-state index contributed by atoms with van der Waals surface area (Å²) in [6, 6.07) is 8.00. The van der Waals surface area contributed by atoms with Crippen LogP contribution in [-0.4, -0.2) is 27.0 Å². The van der Waals surface area contributed by atoms with Crippen molar-refractivity contribution in [2.75, 3.05) is 6.26 Å². The van der Waals surface area contributed by atoms with E-state index in [4.69, 9.17) is 0 Å². The van der Waals surface area contributed by atoms with Gasteiger partial charge in [0.2, 0.25) is 0 Å². The van der Waals surface area contributed by atoms with Crippen LogP contribution in [0.1, 0.15) is 6.92 Å². The van der Waals surface area contributed by atoms with Crippen LogP contribution >= 0.6 is 11.8 Å². The van der Waals surface area contributed by atoms with E-state index in [2.05, 4.69) is 9.55 Å². The van der Waals surface area contributed by atoms with E-state index in [9.17, 15) is 5.11 Å². The van der Waals surface area contributed by atoms with Crippen LogP contribution in [-0.2, 0) is 6.54 Å². The van der Waals surface area contributed by atoms with Gasteiger partial charge in [0.1, 0.15) is 0 Å². The van der Waals surface area contributed by atoms with Crippen LogP contribution in [0.15, 0.2) is 29.4 Å². The Morgan fingerprint density at radius 2 is 2.20 bits per heavy atom. The zero-order chi connectivity index (χ0) is 10.8. The predicted molar refractivity (Wildman–Crippen MR) is 63.2 cm³/mol. The highest BCUT2D eigenvalue weighted by atomic mass is 32.2. The maximum absolute atomic E-state index is 9.45. The minimum atomic E-state index is -0.353. The lowest BCUT2D eigenvalue weighted by molar-refractivity contribution is 0.172. The molecule has 1 aromatic heterocycles. The number of aromatic nitrogens is 2. The average Bonchev–Trinajstić information content (AvgIpc) is 2.56. The first kappa shape index (κ1) is 10.5. The van der Waals surface area contributed by atoms with E-state index in [1.807, 2.05) is 30.5 Å². The molecule has 0 amide bonds. The van der Waals surface area contributed by atoms with Gasteiger partial charge >= 0.3 is 0 Å². The highest BCUT2D eigenvalue weighted by Crippen LogP contribution is 2.22. The molecule has 1 N–H and O–H groups in total. The van der Waals surface area contributed by atoms with Crippen LogP contribution in [0.3, 0.4) is 0 Å². The third-order valence-electron chi connectivity index (χ3n) is 2.25. The number of para-hydroxylation sites is 2. The van der Waals surface area contributed by atoms with Gasteiger partial charge in [-0.05, 0) is 25.3 Å². The molecule has 0 saturated heterocycles. The highest BCUT2D eigenvalue weighted by molar-refractivity contribution is 7.98. The molecule has 3 nitrogen and oxygen atoms in total. The van der Waals surface area contributed by atoms with Gasteiger partial charge in [-0.15, -0.1) is 0 Å². The number of benzene rings is 1. The molecule has 4 heteroatoms. The molecule has 2 rings (SSSR count). The molecule has 0 saturated carbocycles. The molecule has 0 spiro atoms. The maximum Gasteiger partial charge on any atom is 0.168 e. The number of imidazole rings is 1. The largest absolute Gasteiger partial charge is 0.392 e. The molecule has 2 aromatic rings. The zero-order valence-electron chi connectivity index (χ0n) is 8.84. The molecule has 0 bridgehead atoms. The monoisotopic (exact) mass is 222 g/mol. The van der Waals surface area contributed by atoms with E-state index in [-0.39, 0.29) is 6.10 Å². The SMILES string of the molecule is CSc1nc2ccccc2n1CC(C)O. The van der Waals surface area contributed by atoms with Crippen molar-refractivity contribution in [2.24, 2.45) is 0 Å². The number of rotatable bonds is 3. The summed E-state index contributed by atoms with van der Waals surface area (Å²) in [4.78, 5) is 4.50. The summed E-state index contributed by atoms with van der Waals surface area (Å²) >= 11 is 1.60. The second-order valence-corrected chi connectivity index (χ2v) is 4.32. The number of nitrogens with zero attached hydrogens (tertiary/aromatic N) is 2. The molecule has 1 heterocycles. The average molecular weight is 222 g/mol. The second-order valence-electron chi connectivity index (χ2n) is 3.55. The first-order valence-corrected chi connectivity index (χ1v) is 6.12. The van der Waals surface area contributed by atoms with Gasteiger partial charge in [0.25, 0.3) is 0 Å². The Morgan fingerprint density at radius 1 is 1.47 bits per heavy atom. The summed E-state index contributed by atoms with van der Waals surface area (Å²) in [6.07, 6.45) is 1.65. The van der Waals surface area contributed by atoms with E-state index in [0.29, 0.717) is 6.54 Å². The minimum absolute atomic E-state index is 0.353. The third kappa shape index (κ3) is 2.01. The standard InChI is InChI=1S/C11H14N2OS/c1-8(14)7-13-10-6-4-3-5-9(10)12-11(13)15-2/h3-6,8,14H,7H2,1-2H3. The molecule has 0 aliphatic carbocycles. The van der Waals surface area contributed by atoms with E-state index >= 15 is 0 Å². The normalized spacial score (nSPS) is 13.3. The Balaban J connectivity index is 2.56. The van der Waals surface area contributed by atoms with Crippen LogP contribution in [0.5, 0.6) is 0 Å². The Bertz CT molecular complexity index is 465. The van der Waals surface area contributed by atoms with Crippen molar-refractivity contribution in [1.29, 1.82) is 0 Å². The van der Waals surface area contributed by atoms with E-state index in [0.717, 1.165) is 16.2 Å². The summed E-state index contributed by atoms with van der Waals surface area (Å²) in [5.74, 6) is 0. The number of aliphatic hydroxyl groups excluding tert-OH is 1. The van der Waals surface area contributed by atoms with Gasteiger partial charge in [-0.2, -0.15) is 0 Å². The van der Waals surface area contributed by atoms with Gasteiger partial charge in [-0.1, -0.05) is 23.9 Å². The second kappa shape index (κ2) is 4.24. The predicted octanol–water partition coefficient (Wildman–Crippen LogP) is 2.14. The lowest BCUT2D eigenvalue weighted by Crippen LogP contribution is -2.12. The first-order chi connectivity index (χ1) is 7.22. The van der Waals surface area contributed by atoms with Crippen LogP contribution in [0.4, 0.5) is 0 Å². The lowest BCUT2D eigenvalue weighted by Gasteiger charge is -2.09. The molecule has 0 fully saturated rings. The van der Waals surface area contributed by atoms with Gasteiger partial charge in [-0.3, -0.25) is 0 Å². The van der Waals surface area contributed by atoms with Crippen molar-refractivity contribution < 1.29 is 5.11 Å². The van der Waals surface area contributed by atoms with Crippen LogP contribution in [0.25, 0.3) is 11.0 Å². The molecule has 15 heavy (non-hydrogen) atoms. The first-order valence-electron chi connectivity index (χ1n) is 4.89. The van der Waals surface area contributed by atoms with Gasteiger partial charge < -0.3 is 9.67 Å². The fraction of sp³-hybridized carbons (Fsp3) is 0.364. The van der Waals surface area contributed by atoms with Crippen molar-refractivity contribution in [1.82, 2.24) is 9.55 Å². The molecule has 1 atom stereocenters. The van der Waals surface area contributed by atoms with Crippen molar-refractivity contribution in [3.05, 3.63) is 24.3 Å². The van der Waals surface area contributed by atoms with Crippen molar-refractivity contribution in [3.8, 4) is 0 Å². The van der Waals surface area contributed by atoms with Crippen LogP contribution in [0.2, 0.25) is 0 Å².